The van der Waals surface area contributed by atoms with Crippen LogP contribution in [0.25, 0.3) is 0 Å². The second-order valence-corrected chi connectivity index (χ2v) is 6.32. The summed E-state index contributed by atoms with van der Waals surface area (Å²) >= 11 is 0. The van der Waals surface area contributed by atoms with Gasteiger partial charge in [-0.2, -0.15) is 0 Å². The number of hydrogen-bond acceptors (Lipinski definition) is 4. The zero-order chi connectivity index (χ0) is 17.7. The van der Waals surface area contributed by atoms with Gasteiger partial charge in [0, 0.05) is 11.4 Å². The minimum Gasteiger partial charge on any atom is -0.480 e. The third-order valence-corrected chi connectivity index (χ3v) is 3.96. The van der Waals surface area contributed by atoms with E-state index in [1.807, 2.05) is 0 Å². The molecule has 2 aromatic carbocycles. The number of para-hydroxylation sites is 2. The molecule has 0 bridgehead atoms. The lowest BCUT2D eigenvalue weighted by Crippen LogP contribution is -2.46. The van der Waals surface area contributed by atoms with Gasteiger partial charge < -0.3 is 19.8 Å². The van der Waals surface area contributed by atoms with Gasteiger partial charge in [0.1, 0.15) is 0 Å². The first-order chi connectivity index (χ1) is 11.3. The second-order valence-electron chi connectivity index (χ2n) is 5.13. The number of hydrogen-bond donors (Lipinski definition) is 3. The zero-order valence-corrected chi connectivity index (χ0v) is 13.8. The maximum absolute atomic E-state index is 11.8. The van der Waals surface area contributed by atoms with E-state index in [9.17, 15) is 14.5 Å². The van der Waals surface area contributed by atoms with Crippen LogP contribution >= 0.6 is 7.82 Å². The molecule has 0 aromatic heterocycles. The first-order valence-corrected chi connectivity index (χ1v) is 8.69. The SMILES string of the molecule is C[C@@H](OP(=O)(O)O)[C@@H](C(=O)O)N(c1ccccc1)c1ccccc1. The van der Waals surface area contributed by atoms with Crippen LogP contribution in [0.1, 0.15) is 6.92 Å². The monoisotopic (exact) mass is 351 g/mol. The molecule has 0 amide bonds. The summed E-state index contributed by atoms with van der Waals surface area (Å²) in [6.45, 7) is 1.32. The molecule has 128 valence electrons. The molecule has 2 rings (SSSR count). The van der Waals surface area contributed by atoms with E-state index in [4.69, 9.17) is 9.79 Å². The molecule has 7 nitrogen and oxygen atoms in total. The number of nitrogens with zero attached hydrogens (tertiary/aromatic N) is 1. The van der Waals surface area contributed by atoms with Gasteiger partial charge in [0.25, 0.3) is 0 Å². The molecule has 0 aliphatic rings. The predicted octanol–water partition coefficient (Wildman–Crippen LogP) is 2.78. The van der Waals surface area contributed by atoms with Crippen LogP contribution in [0.2, 0.25) is 0 Å². The molecule has 0 heterocycles. The van der Waals surface area contributed by atoms with E-state index in [0.717, 1.165) is 0 Å². The fraction of sp³-hybridized carbons (Fsp3) is 0.188. The van der Waals surface area contributed by atoms with Gasteiger partial charge in [-0.3, -0.25) is 4.52 Å². The predicted molar refractivity (Wildman–Crippen MR) is 89.0 cm³/mol. The van der Waals surface area contributed by atoms with Crippen LogP contribution < -0.4 is 4.90 Å². The number of carboxylic acids is 1. The first kappa shape index (κ1) is 18.2. The van der Waals surface area contributed by atoms with Crippen molar-refractivity contribution in [3.63, 3.8) is 0 Å². The number of rotatable bonds is 7. The highest BCUT2D eigenvalue weighted by molar-refractivity contribution is 7.46. The minimum atomic E-state index is -4.83. The average molecular weight is 351 g/mol. The van der Waals surface area contributed by atoms with Crippen LogP contribution in [0, 0.1) is 0 Å². The highest BCUT2D eigenvalue weighted by atomic mass is 31.2. The number of benzene rings is 2. The molecule has 3 N–H and O–H groups in total. The van der Waals surface area contributed by atoms with E-state index >= 15 is 0 Å². The molecule has 0 fully saturated rings. The van der Waals surface area contributed by atoms with E-state index in [-0.39, 0.29) is 0 Å². The summed E-state index contributed by atoms with van der Waals surface area (Å²) in [5, 5.41) is 9.66. The highest BCUT2D eigenvalue weighted by Gasteiger charge is 2.36. The molecule has 0 aliphatic carbocycles. The van der Waals surface area contributed by atoms with E-state index in [2.05, 4.69) is 4.52 Å². The molecule has 0 saturated carbocycles. The normalized spacial score (nSPS) is 14.0. The van der Waals surface area contributed by atoms with E-state index in [1.54, 1.807) is 60.7 Å². The summed E-state index contributed by atoms with van der Waals surface area (Å²) in [5.41, 5.74) is 1.13. The van der Waals surface area contributed by atoms with Crippen LogP contribution in [-0.2, 0) is 13.9 Å². The highest BCUT2D eigenvalue weighted by Crippen LogP contribution is 2.40. The van der Waals surface area contributed by atoms with Gasteiger partial charge >= 0.3 is 13.8 Å². The molecule has 0 aliphatic heterocycles. The van der Waals surface area contributed by atoms with Gasteiger partial charge in [0.15, 0.2) is 6.04 Å². The Bertz CT molecular complexity index is 678. The van der Waals surface area contributed by atoms with Crippen molar-refractivity contribution in [2.45, 2.75) is 19.1 Å². The maximum atomic E-state index is 11.8. The molecular weight excluding hydrogens is 333 g/mol. The van der Waals surface area contributed by atoms with Gasteiger partial charge in [0.05, 0.1) is 6.10 Å². The lowest BCUT2D eigenvalue weighted by molar-refractivity contribution is -0.140. The summed E-state index contributed by atoms with van der Waals surface area (Å²) in [5.74, 6) is -1.26. The van der Waals surface area contributed by atoms with Gasteiger partial charge in [-0.15, -0.1) is 0 Å². The summed E-state index contributed by atoms with van der Waals surface area (Å²) < 4.78 is 15.8. The van der Waals surface area contributed by atoms with Crippen molar-refractivity contribution in [2.24, 2.45) is 0 Å². The number of aliphatic carboxylic acids is 1. The summed E-state index contributed by atoms with van der Waals surface area (Å²) in [4.78, 5) is 31.4. The maximum Gasteiger partial charge on any atom is 0.469 e. The Morgan fingerprint density at radius 3 is 1.75 bits per heavy atom. The second kappa shape index (κ2) is 7.59. The standard InChI is InChI=1S/C16H18NO6P/c1-12(23-24(20,21)22)15(16(18)19)17(13-8-4-2-5-9-13)14-10-6-3-7-11-14/h2-12,15H,1H3,(H,18,19)(H2,20,21,22)/t12-,15+/m1/s1. The quantitative estimate of drug-likeness (QED) is 0.658. The van der Waals surface area contributed by atoms with Gasteiger partial charge in [-0.05, 0) is 31.2 Å². The van der Waals surface area contributed by atoms with Crippen molar-refractivity contribution < 1.29 is 28.8 Å². The Hall–Kier alpha value is -2.18. The van der Waals surface area contributed by atoms with Crippen molar-refractivity contribution in [1.29, 1.82) is 0 Å². The third kappa shape index (κ3) is 4.66. The van der Waals surface area contributed by atoms with E-state index in [1.165, 1.54) is 11.8 Å². The van der Waals surface area contributed by atoms with E-state index < -0.39 is 25.9 Å². The Labute approximate surface area is 139 Å². The van der Waals surface area contributed by atoms with Crippen molar-refractivity contribution >= 4 is 25.2 Å². The molecule has 8 heteroatoms. The molecule has 2 aromatic rings. The lowest BCUT2D eigenvalue weighted by atomic mass is 10.1. The smallest absolute Gasteiger partial charge is 0.469 e. The Kier molecular flexibility index (Phi) is 5.75. The van der Waals surface area contributed by atoms with Gasteiger partial charge in [0.2, 0.25) is 0 Å². The van der Waals surface area contributed by atoms with E-state index in [0.29, 0.717) is 11.4 Å². The molecule has 2 atom stereocenters. The number of anilines is 2. The van der Waals surface area contributed by atoms with Gasteiger partial charge in [-0.25, -0.2) is 9.36 Å². The molecule has 0 saturated heterocycles. The van der Waals surface area contributed by atoms with Crippen molar-refractivity contribution in [3.8, 4) is 0 Å². The number of carboxylic acid groups (broad SMARTS) is 1. The number of carbonyl (C=O) groups is 1. The Morgan fingerprint density at radius 1 is 1.00 bits per heavy atom. The fourth-order valence-corrected chi connectivity index (χ4v) is 2.99. The Morgan fingerprint density at radius 2 is 1.42 bits per heavy atom. The largest absolute Gasteiger partial charge is 0.480 e. The average Bonchev–Trinajstić information content (AvgIpc) is 2.52. The van der Waals surface area contributed by atoms with Gasteiger partial charge in [-0.1, -0.05) is 36.4 Å². The minimum absolute atomic E-state index is 0.567. The van der Waals surface area contributed by atoms with Crippen molar-refractivity contribution in [3.05, 3.63) is 60.7 Å². The van der Waals surface area contributed by atoms with Crippen LogP contribution in [0.3, 0.4) is 0 Å². The summed E-state index contributed by atoms with van der Waals surface area (Å²) in [6, 6.07) is 16.1. The van der Waals surface area contributed by atoms with Crippen LogP contribution in [-0.4, -0.2) is 33.0 Å². The first-order valence-electron chi connectivity index (χ1n) is 7.15. The Balaban J connectivity index is 2.50. The zero-order valence-electron chi connectivity index (χ0n) is 12.9. The molecular formula is C16H18NO6P. The number of phosphoric acid groups is 1. The molecule has 0 radical (unpaired) electrons. The molecule has 0 unspecified atom stereocenters. The van der Waals surface area contributed by atoms with Crippen LogP contribution in [0.5, 0.6) is 0 Å². The van der Waals surface area contributed by atoms with Crippen LogP contribution in [0.4, 0.5) is 11.4 Å². The fourth-order valence-electron chi connectivity index (χ4n) is 2.44. The number of phosphoric ester groups is 1. The summed E-state index contributed by atoms with van der Waals surface area (Å²) in [6.07, 6.45) is -1.26. The van der Waals surface area contributed by atoms with Crippen LogP contribution in [0.15, 0.2) is 60.7 Å². The molecule has 24 heavy (non-hydrogen) atoms. The van der Waals surface area contributed by atoms with Crippen molar-refractivity contribution in [2.75, 3.05) is 4.90 Å². The molecule has 0 spiro atoms. The summed E-state index contributed by atoms with van der Waals surface area (Å²) in [7, 11) is -4.83. The van der Waals surface area contributed by atoms with Crippen molar-refractivity contribution in [1.82, 2.24) is 0 Å². The third-order valence-electron chi connectivity index (χ3n) is 3.35. The lowest BCUT2D eigenvalue weighted by Gasteiger charge is -2.34. The topological polar surface area (TPSA) is 107 Å².